The monoisotopic (exact) mass is 768 g/mol. The molecule has 288 valence electrons. The third-order valence-electron chi connectivity index (χ3n) is 6.75. The molecule has 0 radical (unpaired) electrons. The fraction of sp³-hybridized carbons (Fsp3) is 0.742. The molecular weight excluding hydrogens is 724 g/mol. The van der Waals surface area contributed by atoms with Crippen molar-refractivity contribution in [2.24, 2.45) is 0 Å². The van der Waals surface area contributed by atoms with E-state index in [1.807, 2.05) is 0 Å². The number of thioether (sulfide) groups is 2. The lowest BCUT2D eigenvalue weighted by molar-refractivity contribution is -0.237. The van der Waals surface area contributed by atoms with Gasteiger partial charge in [-0.2, -0.15) is 0 Å². The number of carbonyl (C=O) groups excluding carboxylic acids is 8. The Hall–Kier alpha value is -3.62. The first-order valence-corrected chi connectivity index (χ1v) is 17.8. The van der Waals surface area contributed by atoms with Gasteiger partial charge in [-0.15, -0.1) is 23.5 Å². The van der Waals surface area contributed by atoms with Gasteiger partial charge in [-0.05, 0) is 17.9 Å². The zero-order valence-electron chi connectivity index (χ0n) is 29.5. The van der Waals surface area contributed by atoms with Crippen LogP contribution in [0, 0.1) is 0 Å². The van der Waals surface area contributed by atoms with Crippen LogP contribution in [0.2, 0.25) is 0 Å². The minimum Gasteiger partial charge on any atom is -0.463 e. The molecular formula is C31H44O18S2. The van der Waals surface area contributed by atoms with Crippen molar-refractivity contribution in [2.45, 2.75) is 122 Å². The summed E-state index contributed by atoms with van der Waals surface area (Å²) in [5.74, 6) is -5.11. The molecule has 0 aromatic heterocycles. The highest BCUT2D eigenvalue weighted by Gasteiger charge is 2.53. The van der Waals surface area contributed by atoms with Gasteiger partial charge in [0.2, 0.25) is 0 Å². The minimum atomic E-state index is -1.31. The summed E-state index contributed by atoms with van der Waals surface area (Å²) in [6.45, 7) is 8.39. The molecule has 2 aliphatic rings. The van der Waals surface area contributed by atoms with Crippen molar-refractivity contribution in [1.82, 2.24) is 0 Å². The van der Waals surface area contributed by atoms with E-state index in [1.54, 1.807) is 0 Å². The topological polar surface area (TPSA) is 229 Å². The Morgan fingerprint density at radius 3 is 0.961 bits per heavy atom. The van der Waals surface area contributed by atoms with E-state index >= 15 is 0 Å². The summed E-state index contributed by atoms with van der Waals surface area (Å²) in [4.78, 5) is 95.5. The van der Waals surface area contributed by atoms with Gasteiger partial charge in [0.25, 0.3) is 0 Å². The Labute approximate surface area is 302 Å². The quantitative estimate of drug-likeness (QED) is 0.121. The molecule has 2 heterocycles. The SMILES string of the molecule is CC(=O)OC[C@H]1O[C@@H](SCCCS[C@@H]2O[C@H](COC(C)=O)[C@H](OC(C)=O)[C@H](OC(C)=O)[C@H]2OC(C)=O)[C@H](OC(C)=O)[C@@H](OC(C)=O)[C@H]1OC(C)=O. The van der Waals surface area contributed by atoms with Crippen LogP contribution < -0.4 is 0 Å². The lowest BCUT2D eigenvalue weighted by Gasteiger charge is -2.44. The molecule has 2 aliphatic heterocycles. The van der Waals surface area contributed by atoms with E-state index in [0.29, 0.717) is 17.9 Å². The highest BCUT2D eigenvalue weighted by molar-refractivity contribution is 8.00. The van der Waals surface area contributed by atoms with Crippen LogP contribution in [-0.4, -0.2) is 132 Å². The van der Waals surface area contributed by atoms with Crippen molar-refractivity contribution in [2.75, 3.05) is 24.7 Å². The van der Waals surface area contributed by atoms with E-state index in [-0.39, 0.29) is 13.2 Å². The first-order chi connectivity index (χ1) is 23.9. The van der Waals surface area contributed by atoms with Crippen LogP contribution in [0.15, 0.2) is 0 Å². The summed E-state index contributed by atoms with van der Waals surface area (Å²) >= 11 is 2.34. The molecule has 0 aliphatic carbocycles. The standard InChI is InChI=1S/C31H44O18S2/c1-14(32)40-12-22-24(42-16(3)34)26(44-18(5)36)28(46-20(7)38)30(48-22)50-10-9-11-51-31-29(47-21(8)39)27(45-19(6)37)25(43-17(4)35)23(49-31)13-41-15(2)33/h22-31H,9-13H2,1-8H3/t22-,23-,24+,25+,26+,27+,28-,29-,30+,31+/m1/s1. The Morgan fingerprint density at radius 1 is 0.412 bits per heavy atom. The second kappa shape index (κ2) is 21.0. The summed E-state index contributed by atoms with van der Waals surface area (Å²) in [5.41, 5.74) is -1.97. The molecule has 0 aromatic carbocycles. The van der Waals surface area contributed by atoms with Crippen LogP contribution in [0.4, 0.5) is 0 Å². The maximum atomic E-state index is 12.1. The van der Waals surface area contributed by atoms with E-state index < -0.39 is 107 Å². The van der Waals surface area contributed by atoms with E-state index in [2.05, 4.69) is 0 Å². The van der Waals surface area contributed by atoms with Gasteiger partial charge in [0, 0.05) is 55.4 Å². The van der Waals surface area contributed by atoms with Gasteiger partial charge in [0.05, 0.1) is 0 Å². The number of hydrogen-bond acceptors (Lipinski definition) is 20. The normalized spacial score (nSPS) is 28.6. The summed E-state index contributed by atoms with van der Waals surface area (Å²) in [6.07, 6.45) is -9.45. The molecule has 0 unspecified atom stereocenters. The van der Waals surface area contributed by atoms with E-state index in [9.17, 15) is 38.4 Å². The molecule has 0 N–H and O–H groups in total. The first kappa shape index (κ1) is 43.5. The molecule has 0 saturated carbocycles. The van der Waals surface area contributed by atoms with Crippen LogP contribution in [0.3, 0.4) is 0 Å². The zero-order chi connectivity index (χ0) is 38.4. The van der Waals surface area contributed by atoms with Crippen molar-refractivity contribution in [3.05, 3.63) is 0 Å². The predicted molar refractivity (Wildman–Crippen MR) is 173 cm³/mol. The summed E-state index contributed by atoms with van der Waals surface area (Å²) in [7, 11) is 0. The van der Waals surface area contributed by atoms with Crippen LogP contribution in [0.25, 0.3) is 0 Å². The Bertz CT molecular complexity index is 1180. The number of carbonyl (C=O) groups is 8. The largest absolute Gasteiger partial charge is 0.463 e. The molecule has 2 fully saturated rings. The number of rotatable bonds is 16. The Kier molecular flexibility index (Phi) is 18.0. The fourth-order valence-electron chi connectivity index (χ4n) is 5.10. The Morgan fingerprint density at radius 2 is 0.686 bits per heavy atom. The second-order valence-electron chi connectivity index (χ2n) is 11.2. The molecule has 0 aromatic rings. The average molecular weight is 769 g/mol. The molecule has 18 nitrogen and oxygen atoms in total. The van der Waals surface area contributed by atoms with Gasteiger partial charge in [-0.25, -0.2) is 0 Å². The molecule has 2 saturated heterocycles. The minimum absolute atomic E-state index is 0.325. The molecule has 10 atom stereocenters. The van der Waals surface area contributed by atoms with Crippen LogP contribution in [0.5, 0.6) is 0 Å². The maximum Gasteiger partial charge on any atom is 0.303 e. The molecule has 20 heteroatoms. The van der Waals surface area contributed by atoms with Crippen molar-refractivity contribution in [3.8, 4) is 0 Å². The molecule has 51 heavy (non-hydrogen) atoms. The lowest BCUT2D eigenvalue weighted by Crippen LogP contribution is -2.61. The van der Waals surface area contributed by atoms with Gasteiger partial charge < -0.3 is 47.4 Å². The Balaban J connectivity index is 2.28. The van der Waals surface area contributed by atoms with Crippen molar-refractivity contribution >= 4 is 71.3 Å². The van der Waals surface area contributed by atoms with Gasteiger partial charge in [-0.3, -0.25) is 38.4 Å². The molecule has 2 rings (SSSR count). The van der Waals surface area contributed by atoms with E-state index in [4.69, 9.17) is 47.4 Å². The van der Waals surface area contributed by atoms with Crippen LogP contribution in [-0.2, 0) is 85.7 Å². The first-order valence-electron chi connectivity index (χ1n) is 15.7. The predicted octanol–water partition coefficient (Wildman–Crippen LogP) is 1.01. The van der Waals surface area contributed by atoms with Crippen molar-refractivity contribution in [3.63, 3.8) is 0 Å². The smallest absolute Gasteiger partial charge is 0.303 e. The summed E-state index contributed by atoms with van der Waals surface area (Å²) < 4.78 is 55.1. The average Bonchev–Trinajstić information content (AvgIpc) is 2.99. The van der Waals surface area contributed by atoms with E-state index in [1.165, 1.54) is 37.4 Å². The van der Waals surface area contributed by atoms with Crippen molar-refractivity contribution < 1.29 is 85.7 Å². The van der Waals surface area contributed by atoms with Gasteiger partial charge in [0.1, 0.15) is 36.3 Å². The number of hydrogen-bond donors (Lipinski definition) is 0. The lowest BCUT2D eigenvalue weighted by atomic mass is 9.99. The van der Waals surface area contributed by atoms with Crippen molar-refractivity contribution in [1.29, 1.82) is 0 Å². The molecule has 0 spiro atoms. The van der Waals surface area contributed by atoms with Gasteiger partial charge >= 0.3 is 47.8 Å². The zero-order valence-corrected chi connectivity index (χ0v) is 31.1. The second-order valence-corrected chi connectivity index (χ2v) is 13.6. The summed E-state index contributed by atoms with van der Waals surface area (Å²) in [5, 5.41) is 0. The highest BCUT2D eigenvalue weighted by atomic mass is 32.2. The third kappa shape index (κ3) is 14.9. The van der Waals surface area contributed by atoms with Crippen LogP contribution >= 0.6 is 23.5 Å². The third-order valence-corrected chi connectivity index (χ3v) is 9.21. The van der Waals surface area contributed by atoms with Crippen LogP contribution in [0.1, 0.15) is 61.8 Å². The summed E-state index contributed by atoms with van der Waals surface area (Å²) in [6, 6.07) is 0. The number of esters is 8. The van der Waals surface area contributed by atoms with Gasteiger partial charge in [0.15, 0.2) is 36.6 Å². The highest BCUT2D eigenvalue weighted by Crippen LogP contribution is 2.37. The maximum absolute atomic E-state index is 12.1. The van der Waals surface area contributed by atoms with E-state index in [0.717, 1.165) is 41.5 Å². The fourth-order valence-corrected chi connectivity index (χ4v) is 7.62. The molecule has 0 bridgehead atoms. The number of ether oxygens (including phenoxy) is 10. The van der Waals surface area contributed by atoms with Gasteiger partial charge in [-0.1, -0.05) is 0 Å². The molecule has 0 amide bonds.